The Morgan fingerprint density at radius 2 is 1.85 bits per heavy atom. The number of nitrogens with zero attached hydrogens (tertiary/aromatic N) is 3. The highest BCUT2D eigenvalue weighted by Gasteiger charge is 2.46. The van der Waals surface area contributed by atoms with Crippen molar-refractivity contribution in [3.8, 4) is 5.75 Å². The van der Waals surface area contributed by atoms with Gasteiger partial charge in [0.25, 0.3) is 17.4 Å². The molecule has 1 atom stereocenters. The minimum absolute atomic E-state index is 0.0275. The molecule has 3 rings (SSSR count). The van der Waals surface area contributed by atoms with Crippen LogP contribution >= 0.6 is 0 Å². The lowest BCUT2D eigenvalue weighted by atomic mass is 9.95. The zero-order valence-electron chi connectivity index (χ0n) is 19.0. The summed E-state index contributed by atoms with van der Waals surface area (Å²) in [6, 6.07) is 11.4. The highest BCUT2D eigenvalue weighted by atomic mass is 16.6. The number of hydrogen-bond acceptors (Lipinski definition) is 7. The van der Waals surface area contributed by atoms with Crippen molar-refractivity contribution in [2.24, 2.45) is 0 Å². The number of aliphatic hydroxyl groups is 1. The standard InChI is InChI=1S/C24H27N3O6/c1-15(2)33-19-10-8-16(9-11-19)22(28)20-21(17-6-5-7-18(14-17)27(31)32)26(13-12-25(3)4)24(30)23(20)29/h5-11,14-15,21,28H,12-13H2,1-4H3/b22-20+. The maximum atomic E-state index is 13.0. The Hall–Kier alpha value is -3.72. The van der Waals surface area contributed by atoms with Crippen LogP contribution < -0.4 is 4.74 Å². The molecular weight excluding hydrogens is 426 g/mol. The number of rotatable bonds is 8. The maximum absolute atomic E-state index is 13.0. The molecule has 1 N–H and O–H groups in total. The Morgan fingerprint density at radius 1 is 1.18 bits per heavy atom. The molecule has 33 heavy (non-hydrogen) atoms. The molecule has 0 saturated carbocycles. The number of nitro benzene ring substituents is 1. The van der Waals surface area contributed by atoms with Crippen LogP contribution in [0.2, 0.25) is 0 Å². The third-order valence-electron chi connectivity index (χ3n) is 5.22. The lowest BCUT2D eigenvalue weighted by Gasteiger charge is -2.26. The molecule has 1 aliphatic rings. The van der Waals surface area contributed by atoms with Crippen LogP contribution in [0.3, 0.4) is 0 Å². The molecule has 0 aromatic heterocycles. The Labute approximate surface area is 192 Å². The van der Waals surface area contributed by atoms with E-state index in [-0.39, 0.29) is 29.7 Å². The summed E-state index contributed by atoms with van der Waals surface area (Å²) in [4.78, 5) is 39.9. The van der Waals surface area contributed by atoms with E-state index in [1.807, 2.05) is 32.8 Å². The van der Waals surface area contributed by atoms with Gasteiger partial charge in [-0.3, -0.25) is 19.7 Å². The summed E-state index contributed by atoms with van der Waals surface area (Å²) in [6.07, 6.45) is -0.0275. The number of likely N-dealkylation sites (tertiary alicyclic amines) is 1. The second-order valence-electron chi connectivity index (χ2n) is 8.34. The zero-order chi connectivity index (χ0) is 24.3. The van der Waals surface area contributed by atoms with Gasteiger partial charge in [-0.15, -0.1) is 0 Å². The predicted octanol–water partition coefficient (Wildman–Crippen LogP) is 3.37. The number of likely N-dealkylation sites (N-methyl/N-ethyl adjacent to an activating group) is 1. The van der Waals surface area contributed by atoms with Gasteiger partial charge in [-0.25, -0.2) is 0 Å². The lowest BCUT2D eigenvalue weighted by molar-refractivity contribution is -0.384. The van der Waals surface area contributed by atoms with Gasteiger partial charge >= 0.3 is 0 Å². The summed E-state index contributed by atoms with van der Waals surface area (Å²) >= 11 is 0. The SMILES string of the molecule is CC(C)Oc1ccc(/C(O)=C2\C(=O)C(=O)N(CCN(C)C)C2c2cccc([N+](=O)[O-])c2)cc1. The molecular formula is C24H27N3O6. The normalized spacial score (nSPS) is 17.8. The Kier molecular flexibility index (Phi) is 7.13. The molecule has 0 bridgehead atoms. The Balaban J connectivity index is 2.11. The van der Waals surface area contributed by atoms with E-state index in [1.54, 1.807) is 30.3 Å². The molecule has 1 heterocycles. The number of amides is 1. The van der Waals surface area contributed by atoms with Crippen LogP contribution in [0, 0.1) is 10.1 Å². The molecule has 1 saturated heterocycles. The average molecular weight is 453 g/mol. The molecule has 0 spiro atoms. The van der Waals surface area contributed by atoms with Crippen molar-refractivity contribution in [2.45, 2.75) is 26.0 Å². The number of hydrogen-bond donors (Lipinski definition) is 1. The highest BCUT2D eigenvalue weighted by Crippen LogP contribution is 2.40. The predicted molar refractivity (Wildman–Crippen MR) is 123 cm³/mol. The van der Waals surface area contributed by atoms with E-state index in [0.717, 1.165) is 0 Å². The van der Waals surface area contributed by atoms with Crippen molar-refractivity contribution >= 4 is 23.1 Å². The quantitative estimate of drug-likeness (QED) is 0.214. The van der Waals surface area contributed by atoms with Crippen molar-refractivity contribution in [3.63, 3.8) is 0 Å². The van der Waals surface area contributed by atoms with E-state index < -0.39 is 22.7 Å². The van der Waals surface area contributed by atoms with Gasteiger partial charge in [-0.05, 0) is 57.8 Å². The summed E-state index contributed by atoms with van der Waals surface area (Å²) in [5.74, 6) is -1.32. The van der Waals surface area contributed by atoms with Crippen LogP contribution in [0.15, 0.2) is 54.1 Å². The summed E-state index contributed by atoms with van der Waals surface area (Å²) < 4.78 is 5.61. The third kappa shape index (κ3) is 5.20. The first-order valence-corrected chi connectivity index (χ1v) is 10.5. The van der Waals surface area contributed by atoms with Gasteiger partial charge in [0, 0.05) is 30.8 Å². The summed E-state index contributed by atoms with van der Waals surface area (Å²) in [7, 11) is 3.67. The molecule has 2 aromatic carbocycles. The van der Waals surface area contributed by atoms with Crippen molar-refractivity contribution < 1.29 is 24.4 Å². The van der Waals surface area contributed by atoms with E-state index in [2.05, 4.69) is 0 Å². The molecule has 1 amide bonds. The fourth-order valence-corrected chi connectivity index (χ4v) is 3.69. The van der Waals surface area contributed by atoms with Crippen LogP contribution in [0.25, 0.3) is 5.76 Å². The third-order valence-corrected chi connectivity index (χ3v) is 5.22. The van der Waals surface area contributed by atoms with E-state index >= 15 is 0 Å². The van der Waals surface area contributed by atoms with E-state index in [1.165, 1.54) is 23.1 Å². The van der Waals surface area contributed by atoms with E-state index in [0.29, 0.717) is 23.4 Å². The van der Waals surface area contributed by atoms with Crippen LogP contribution in [0.4, 0.5) is 5.69 Å². The number of ether oxygens (including phenoxy) is 1. The second kappa shape index (κ2) is 9.83. The van der Waals surface area contributed by atoms with Gasteiger partial charge < -0.3 is 19.6 Å². The van der Waals surface area contributed by atoms with Crippen molar-refractivity contribution in [1.82, 2.24) is 9.80 Å². The van der Waals surface area contributed by atoms with Crippen LogP contribution in [-0.2, 0) is 9.59 Å². The average Bonchev–Trinajstić information content (AvgIpc) is 3.02. The molecule has 9 nitrogen and oxygen atoms in total. The number of carbonyl (C=O) groups is 2. The van der Waals surface area contributed by atoms with Gasteiger partial charge in [0.2, 0.25) is 0 Å². The number of aliphatic hydroxyl groups excluding tert-OH is 1. The summed E-state index contributed by atoms with van der Waals surface area (Å²) in [5, 5.41) is 22.4. The maximum Gasteiger partial charge on any atom is 0.295 e. The van der Waals surface area contributed by atoms with Crippen LogP contribution in [-0.4, -0.2) is 64.8 Å². The number of benzene rings is 2. The summed E-state index contributed by atoms with van der Waals surface area (Å²) in [5.41, 5.74) is 0.452. The van der Waals surface area contributed by atoms with Gasteiger partial charge in [0.1, 0.15) is 11.5 Å². The summed E-state index contributed by atoms with van der Waals surface area (Å²) in [6.45, 7) is 4.47. The molecule has 174 valence electrons. The van der Waals surface area contributed by atoms with Crippen molar-refractivity contribution in [3.05, 3.63) is 75.3 Å². The minimum atomic E-state index is -0.948. The molecule has 2 aromatic rings. The number of non-ortho nitro benzene ring substituents is 1. The molecule has 1 aliphatic heterocycles. The van der Waals surface area contributed by atoms with Gasteiger partial charge in [0.05, 0.1) is 22.6 Å². The first-order chi connectivity index (χ1) is 15.6. The smallest absolute Gasteiger partial charge is 0.295 e. The molecule has 9 heteroatoms. The monoisotopic (exact) mass is 453 g/mol. The topological polar surface area (TPSA) is 113 Å². The molecule has 1 unspecified atom stereocenters. The van der Waals surface area contributed by atoms with Crippen molar-refractivity contribution in [1.29, 1.82) is 0 Å². The van der Waals surface area contributed by atoms with Gasteiger partial charge in [-0.1, -0.05) is 12.1 Å². The van der Waals surface area contributed by atoms with E-state index in [9.17, 15) is 24.8 Å². The van der Waals surface area contributed by atoms with Crippen LogP contribution in [0.1, 0.15) is 31.0 Å². The minimum Gasteiger partial charge on any atom is -0.507 e. The van der Waals surface area contributed by atoms with Crippen LogP contribution in [0.5, 0.6) is 5.75 Å². The van der Waals surface area contributed by atoms with Gasteiger partial charge in [0.15, 0.2) is 0 Å². The van der Waals surface area contributed by atoms with E-state index in [4.69, 9.17) is 4.74 Å². The second-order valence-corrected chi connectivity index (χ2v) is 8.34. The largest absolute Gasteiger partial charge is 0.507 e. The molecule has 0 radical (unpaired) electrons. The van der Waals surface area contributed by atoms with Crippen molar-refractivity contribution in [2.75, 3.05) is 27.2 Å². The molecule has 1 fully saturated rings. The number of Topliss-reactive ketones (excluding diaryl/α,β-unsaturated/α-hetero) is 1. The van der Waals surface area contributed by atoms with Gasteiger partial charge in [-0.2, -0.15) is 0 Å². The first kappa shape index (κ1) is 23.9. The first-order valence-electron chi connectivity index (χ1n) is 10.5. The number of ketones is 1. The zero-order valence-corrected chi connectivity index (χ0v) is 19.0. The highest BCUT2D eigenvalue weighted by molar-refractivity contribution is 6.46. The Morgan fingerprint density at radius 3 is 2.42 bits per heavy atom. The number of carbonyl (C=O) groups excluding carboxylic acids is 2. The lowest BCUT2D eigenvalue weighted by Crippen LogP contribution is -2.35. The fourth-order valence-electron chi connectivity index (χ4n) is 3.69. The number of nitro groups is 1. The molecule has 0 aliphatic carbocycles. The fraction of sp³-hybridized carbons (Fsp3) is 0.333. The Bertz CT molecular complexity index is 1090.